The van der Waals surface area contributed by atoms with E-state index < -0.39 is 9.05 Å². The number of nitrogens with zero attached hydrogens (tertiary/aromatic N) is 1. The minimum absolute atomic E-state index is 1.62. The third kappa shape index (κ3) is 15.6. The third-order valence-corrected chi connectivity index (χ3v) is 0.406. The quantitative estimate of drug-likeness (QED) is 0.529. The molecule has 0 amide bonds. The molecule has 3 N–H and O–H groups in total. The first kappa shape index (κ1) is 9.50. The maximum absolute atomic E-state index is 9.11. The Morgan fingerprint density at radius 3 is 2.20 bits per heavy atom. The van der Waals surface area contributed by atoms with Crippen LogP contribution in [0.15, 0.2) is 18.7 Å². The van der Waals surface area contributed by atoms with Gasteiger partial charge in [-0.1, -0.05) is 0 Å². The predicted octanol–water partition coefficient (Wildman–Crippen LogP) is 0.0884. The van der Waals surface area contributed by atoms with E-state index in [1.807, 2.05) is 0 Å². The molecule has 0 radical (unpaired) electrons. The molecule has 0 aliphatic rings. The molecule has 0 fully saturated rings. The molecule has 1 rings (SSSR count). The SMILES string of the molecule is O=S(O)(O)=S.c1c[nH]cn1. The lowest BCUT2D eigenvalue weighted by Gasteiger charge is -1.73. The largest absolute Gasteiger partial charge is 0.351 e. The van der Waals surface area contributed by atoms with Gasteiger partial charge in [-0.3, -0.25) is 9.11 Å². The van der Waals surface area contributed by atoms with Gasteiger partial charge in [-0.15, -0.1) is 0 Å². The highest BCUT2D eigenvalue weighted by Gasteiger charge is 1.78. The van der Waals surface area contributed by atoms with E-state index in [1.165, 1.54) is 0 Å². The molecular formula is C3H6N2O3S2. The van der Waals surface area contributed by atoms with Crippen molar-refractivity contribution in [2.75, 3.05) is 0 Å². The average molecular weight is 182 g/mol. The molecule has 1 heterocycles. The van der Waals surface area contributed by atoms with Crippen LogP contribution in [0.2, 0.25) is 0 Å². The molecule has 0 saturated carbocycles. The van der Waals surface area contributed by atoms with Crippen LogP contribution in [0, 0.1) is 0 Å². The molecule has 5 nitrogen and oxygen atoms in total. The minimum atomic E-state index is -3.83. The molecule has 0 aliphatic carbocycles. The molecule has 7 heteroatoms. The van der Waals surface area contributed by atoms with Crippen molar-refractivity contribution in [3.8, 4) is 0 Å². The molecular weight excluding hydrogens is 176 g/mol. The fourth-order valence-electron chi connectivity index (χ4n) is 0.215. The van der Waals surface area contributed by atoms with E-state index in [4.69, 9.17) is 13.3 Å². The molecule has 0 aliphatic heterocycles. The number of aromatic amines is 1. The van der Waals surface area contributed by atoms with Crippen LogP contribution in [-0.2, 0) is 20.2 Å². The second-order valence-corrected chi connectivity index (χ2v) is 3.41. The Morgan fingerprint density at radius 1 is 1.60 bits per heavy atom. The van der Waals surface area contributed by atoms with Gasteiger partial charge in [0.25, 0.3) is 9.05 Å². The summed E-state index contributed by atoms with van der Waals surface area (Å²) >= 11 is 3.47. The van der Waals surface area contributed by atoms with E-state index in [0.717, 1.165) is 0 Å². The fourth-order valence-corrected chi connectivity index (χ4v) is 0.215. The van der Waals surface area contributed by atoms with Crippen molar-refractivity contribution in [1.82, 2.24) is 9.97 Å². The molecule has 0 atom stereocenters. The number of hydrogen-bond donors (Lipinski definition) is 3. The Labute approximate surface area is 62.8 Å². The van der Waals surface area contributed by atoms with Crippen molar-refractivity contribution in [3.63, 3.8) is 0 Å². The Bertz CT molecular complexity index is 216. The number of H-pyrrole nitrogens is 1. The lowest BCUT2D eigenvalue weighted by molar-refractivity contribution is 0.450. The van der Waals surface area contributed by atoms with Crippen molar-refractivity contribution in [3.05, 3.63) is 18.7 Å². The first-order valence-corrected chi connectivity index (χ1v) is 4.52. The summed E-state index contributed by atoms with van der Waals surface area (Å²) < 4.78 is 24.0. The molecule has 0 aromatic carbocycles. The zero-order chi connectivity index (χ0) is 8.04. The zero-order valence-corrected chi connectivity index (χ0v) is 6.43. The van der Waals surface area contributed by atoms with Gasteiger partial charge in [0, 0.05) is 23.6 Å². The van der Waals surface area contributed by atoms with Gasteiger partial charge in [-0.25, -0.2) is 4.98 Å². The van der Waals surface area contributed by atoms with Gasteiger partial charge in [0.05, 0.1) is 6.33 Å². The van der Waals surface area contributed by atoms with E-state index in [1.54, 1.807) is 18.7 Å². The first-order valence-electron chi connectivity index (χ1n) is 2.13. The number of nitrogens with one attached hydrogen (secondary N) is 1. The number of rotatable bonds is 0. The first-order chi connectivity index (χ1) is 4.50. The Kier molecular flexibility index (Phi) is 4.12. The fraction of sp³-hybridized carbons (Fsp3) is 0. The molecule has 58 valence electrons. The van der Waals surface area contributed by atoms with Crippen LogP contribution in [0.5, 0.6) is 0 Å². The van der Waals surface area contributed by atoms with Crippen molar-refractivity contribution in [2.24, 2.45) is 0 Å². The number of aromatic nitrogens is 2. The van der Waals surface area contributed by atoms with Gasteiger partial charge < -0.3 is 4.98 Å². The van der Waals surface area contributed by atoms with Crippen LogP contribution in [0.1, 0.15) is 0 Å². The van der Waals surface area contributed by atoms with Crippen LogP contribution in [0.3, 0.4) is 0 Å². The zero-order valence-electron chi connectivity index (χ0n) is 4.80. The Balaban J connectivity index is 0.000000162. The lowest BCUT2D eigenvalue weighted by Crippen LogP contribution is -1.86. The molecule has 0 bridgehead atoms. The molecule has 1 aromatic rings. The molecule has 0 saturated heterocycles. The van der Waals surface area contributed by atoms with Gasteiger partial charge in [0.2, 0.25) is 0 Å². The Morgan fingerprint density at radius 2 is 2.10 bits per heavy atom. The number of hydrogen-bond acceptors (Lipinski definition) is 3. The summed E-state index contributed by atoms with van der Waals surface area (Å²) in [4.78, 5) is 6.42. The third-order valence-electron chi connectivity index (χ3n) is 0.406. The summed E-state index contributed by atoms with van der Waals surface area (Å²) in [7, 11) is -3.83. The summed E-state index contributed by atoms with van der Waals surface area (Å²) in [5.41, 5.74) is 0. The second kappa shape index (κ2) is 4.34. The topological polar surface area (TPSA) is 86.2 Å². The van der Waals surface area contributed by atoms with E-state index in [2.05, 4.69) is 21.2 Å². The maximum Gasteiger partial charge on any atom is 0.263 e. The summed E-state index contributed by atoms with van der Waals surface area (Å²) in [6.45, 7) is 0. The highest BCUT2D eigenvalue weighted by Crippen LogP contribution is 1.62. The van der Waals surface area contributed by atoms with E-state index in [9.17, 15) is 0 Å². The van der Waals surface area contributed by atoms with Crippen molar-refractivity contribution in [2.45, 2.75) is 0 Å². The normalized spacial score (nSPS) is 9.80. The summed E-state index contributed by atoms with van der Waals surface area (Å²) in [6.07, 6.45) is 5.08. The van der Waals surface area contributed by atoms with Gasteiger partial charge in [0.1, 0.15) is 0 Å². The van der Waals surface area contributed by atoms with Gasteiger partial charge in [-0.05, 0) is 0 Å². The lowest BCUT2D eigenvalue weighted by atomic mass is 11.0. The van der Waals surface area contributed by atoms with Crippen LogP contribution in [0.25, 0.3) is 0 Å². The van der Waals surface area contributed by atoms with Crippen LogP contribution in [0.4, 0.5) is 0 Å². The maximum atomic E-state index is 9.11. The Hall–Kier alpha value is -0.500. The molecule has 10 heavy (non-hydrogen) atoms. The second-order valence-electron chi connectivity index (χ2n) is 1.21. The molecule has 0 unspecified atom stereocenters. The van der Waals surface area contributed by atoms with E-state index in [0.29, 0.717) is 0 Å². The van der Waals surface area contributed by atoms with E-state index in [-0.39, 0.29) is 0 Å². The molecule has 1 aromatic heterocycles. The van der Waals surface area contributed by atoms with Crippen LogP contribution >= 0.6 is 0 Å². The average Bonchev–Trinajstić information content (AvgIpc) is 2.07. The highest BCUT2D eigenvalue weighted by atomic mass is 32.9. The standard InChI is InChI=1S/C3H4N2.H2O3S2/c1-2-5-3-4-1;1-5(2,3)4/h1-3H,(H,4,5);(H2,1,2,3,4). The van der Waals surface area contributed by atoms with Crippen LogP contribution < -0.4 is 0 Å². The van der Waals surface area contributed by atoms with E-state index >= 15 is 0 Å². The number of imidazole rings is 1. The van der Waals surface area contributed by atoms with Crippen LogP contribution in [-0.4, -0.2) is 23.3 Å². The summed E-state index contributed by atoms with van der Waals surface area (Å²) in [5, 5.41) is 0. The summed E-state index contributed by atoms with van der Waals surface area (Å²) in [6, 6.07) is 0. The van der Waals surface area contributed by atoms with Gasteiger partial charge >= 0.3 is 0 Å². The minimum Gasteiger partial charge on any atom is -0.351 e. The highest BCUT2D eigenvalue weighted by molar-refractivity contribution is 8.26. The van der Waals surface area contributed by atoms with Crippen molar-refractivity contribution < 1.29 is 13.3 Å². The molecule has 0 spiro atoms. The smallest absolute Gasteiger partial charge is 0.263 e. The van der Waals surface area contributed by atoms with Gasteiger partial charge in [-0.2, -0.15) is 4.21 Å². The summed E-state index contributed by atoms with van der Waals surface area (Å²) in [5.74, 6) is 0. The van der Waals surface area contributed by atoms with Gasteiger partial charge in [0.15, 0.2) is 0 Å². The van der Waals surface area contributed by atoms with Crippen molar-refractivity contribution in [1.29, 1.82) is 0 Å². The monoisotopic (exact) mass is 182 g/mol. The predicted molar refractivity (Wildman–Crippen MR) is 39.4 cm³/mol. The van der Waals surface area contributed by atoms with Crippen molar-refractivity contribution >= 4 is 20.2 Å².